The van der Waals surface area contributed by atoms with E-state index in [2.05, 4.69) is 27.7 Å². The summed E-state index contributed by atoms with van der Waals surface area (Å²) in [6.07, 6.45) is 3.49. The fourth-order valence-electron chi connectivity index (χ4n) is 3.89. The van der Waals surface area contributed by atoms with Gasteiger partial charge in [-0.3, -0.25) is 19.4 Å². The molecule has 2 fully saturated rings. The highest BCUT2D eigenvalue weighted by atomic mass is 32.1. The summed E-state index contributed by atoms with van der Waals surface area (Å²) in [6.45, 7) is 8.14. The van der Waals surface area contributed by atoms with Crippen LogP contribution in [0, 0.1) is 0 Å². The van der Waals surface area contributed by atoms with Crippen molar-refractivity contribution >= 4 is 23.2 Å². The number of amides is 2. The quantitative estimate of drug-likeness (QED) is 0.740. The molecule has 0 radical (unpaired) electrons. The Morgan fingerprint density at radius 3 is 2.44 bits per heavy atom. The Bertz CT molecular complexity index is 614. The second-order valence-electron chi connectivity index (χ2n) is 7.81. The molecule has 0 bridgehead atoms. The van der Waals surface area contributed by atoms with Crippen LogP contribution in [0.2, 0.25) is 0 Å². The Morgan fingerprint density at radius 2 is 1.81 bits per heavy atom. The first-order chi connectivity index (χ1) is 13.0. The summed E-state index contributed by atoms with van der Waals surface area (Å²) < 4.78 is 0. The Labute approximate surface area is 166 Å². The van der Waals surface area contributed by atoms with Crippen molar-refractivity contribution in [3.63, 3.8) is 0 Å². The number of hydrogen-bond donors (Lipinski definition) is 0. The van der Waals surface area contributed by atoms with Gasteiger partial charge in [0.25, 0.3) is 0 Å². The second kappa shape index (κ2) is 9.66. The molecule has 7 heteroatoms. The lowest BCUT2D eigenvalue weighted by Gasteiger charge is -2.38. The molecule has 150 valence electrons. The molecular weight excluding hydrogens is 360 g/mol. The normalized spacial score (nSPS) is 22.0. The molecule has 1 aromatic heterocycles. The summed E-state index contributed by atoms with van der Waals surface area (Å²) in [5.74, 6) is 0.428. The minimum Gasteiger partial charge on any atom is -0.340 e. The van der Waals surface area contributed by atoms with Gasteiger partial charge in [0.15, 0.2) is 0 Å². The van der Waals surface area contributed by atoms with Gasteiger partial charge < -0.3 is 9.80 Å². The molecule has 0 N–H and O–H groups in total. The Hall–Kier alpha value is -1.44. The largest absolute Gasteiger partial charge is 0.340 e. The van der Waals surface area contributed by atoms with E-state index in [1.165, 1.54) is 11.3 Å². The molecule has 27 heavy (non-hydrogen) atoms. The Morgan fingerprint density at radius 1 is 1.11 bits per heavy atom. The summed E-state index contributed by atoms with van der Waals surface area (Å²) in [4.78, 5) is 34.6. The second-order valence-corrected chi connectivity index (χ2v) is 8.85. The molecule has 1 unspecified atom stereocenters. The van der Waals surface area contributed by atoms with Crippen molar-refractivity contribution in [3.8, 4) is 0 Å². The minimum atomic E-state index is 0.162. The van der Waals surface area contributed by atoms with E-state index in [1.54, 1.807) is 16.2 Å². The van der Waals surface area contributed by atoms with Crippen LogP contribution in [-0.4, -0.2) is 90.3 Å². The molecule has 1 atom stereocenters. The molecule has 2 saturated heterocycles. The van der Waals surface area contributed by atoms with Gasteiger partial charge in [-0.15, -0.1) is 11.3 Å². The number of nitrogens with zero attached hydrogens (tertiary/aromatic N) is 4. The van der Waals surface area contributed by atoms with Crippen LogP contribution in [0.25, 0.3) is 0 Å². The highest BCUT2D eigenvalue weighted by Gasteiger charge is 2.27. The average Bonchev–Trinajstić information content (AvgIpc) is 3.16. The first-order valence-corrected chi connectivity index (χ1v) is 10.9. The molecule has 0 aromatic carbocycles. The number of piperidine rings is 1. The maximum Gasteiger partial charge on any atom is 0.236 e. The summed E-state index contributed by atoms with van der Waals surface area (Å²) in [6, 6.07) is 4.46. The monoisotopic (exact) mass is 392 g/mol. The van der Waals surface area contributed by atoms with Gasteiger partial charge in [0, 0.05) is 50.7 Å². The maximum absolute atomic E-state index is 12.6. The number of hydrogen-bond acceptors (Lipinski definition) is 5. The van der Waals surface area contributed by atoms with E-state index in [-0.39, 0.29) is 11.8 Å². The summed E-state index contributed by atoms with van der Waals surface area (Å²) in [5, 5.41) is 2.04. The molecule has 0 spiro atoms. The number of thiophene rings is 1. The fraction of sp³-hybridized carbons (Fsp3) is 0.700. The molecule has 2 amide bonds. The lowest BCUT2D eigenvalue weighted by atomic mass is 10.0. The van der Waals surface area contributed by atoms with E-state index in [4.69, 9.17) is 0 Å². The van der Waals surface area contributed by atoms with Crippen LogP contribution in [0.1, 0.15) is 31.1 Å². The zero-order valence-corrected chi connectivity index (χ0v) is 17.4. The van der Waals surface area contributed by atoms with E-state index in [0.717, 1.165) is 45.6 Å². The Kier molecular flexibility index (Phi) is 7.26. The van der Waals surface area contributed by atoms with Gasteiger partial charge in [0.2, 0.25) is 11.8 Å². The van der Waals surface area contributed by atoms with E-state index >= 15 is 0 Å². The molecule has 0 saturated carbocycles. The molecule has 1 aromatic rings. The summed E-state index contributed by atoms with van der Waals surface area (Å²) >= 11 is 1.68. The lowest BCUT2D eigenvalue weighted by Crippen LogP contribution is -2.53. The number of carbonyl (C=O) groups is 2. The van der Waals surface area contributed by atoms with Crippen molar-refractivity contribution in [1.29, 1.82) is 0 Å². The third-order valence-electron chi connectivity index (χ3n) is 5.70. The van der Waals surface area contributed by atoms with Crippen LogP contribution in [0.3, 0.4) is 0 Å². The molecule has 0 aliphatic carbocycles. The number of piperazine rings is 1. The standard InChI is InChI=1S/C20H32N4O2S/c1-17-6-3-4-8-24(17)20(26)16-23-11-9-22(10-12-23)15-19(25)21(2)14-18-7-5-13-27-18/h5,7,13,17H,3-4,6,8-12,14-16H2,1-2H3. The van der Waals surface area contributed by atoms with Crippen LogP contribution in [0.5, 0.6) is 0 Å². The van der Waals surface area contributed by atoms with E-state index in [1.807, 2.05) is 18.5 Å². The lowest BCUT2D eigenvalue weighted by molar-refractivity contribution is -0.137. The van der Waals surface area contributed by atoms with Crippen LogP contribution in [0.4, 0.5) is 0 Å². The molecule has 2 aliphatic rings. The van der Waals surface area contributed by atoms with Gasteiger partial charge in [-0.05, 0) is 37.6 Å². The zero-order valence-electron chi connectivity index (χ0n) is 16.6. The van der Waals surface area contributed by atoms with E-state index in [0.29, 0.717) is 25.7 Å². The van der Waals surface area contributed by atoms with Gasteiger partial charge >= 0.3 is 0 Å². The van der Waals surface area contributed by atoms with Crippen LogP contribution >= 0.6 is 11.3 Å². The predicted octanol–water partition coefficient (Wildman–Crippen LogP) is 1.73. The van der Waals surface area contributed by atoms with Crippen molar-refractivity contribution < 1.29 is 9.59 Å². The highest BCUT2D eigenvalue weighted by Crippen LogP contribution is 2.17. The van der Waals surface area contributed by atoms with Gasteiger partial charge in [-0.2, -0.15) is 0 Å². The van der Waals surface area contributed by atoms with Crippen molar-refractivity contribution in [2.45, 2.75) is 38.8 Å². The maximum atomic E-state index is 12.6. The predicted molar refractivity (Wildman–Crippen MR) is 109 cm³/mol. The highest BCUT2D eigenvalue weighted by molar-refractivity contribution is 7.09. The van der Waals surface area contributed by atoms with E-state index < -0.39 is 0 Å². The van der Waals surface area contributed by atoms with Gasteiger partial charge in [0.05, 0.1) is 19.6 Å². The molecule has 3 heterocycles. The molecule has 6 nitrogen and oxygen atoms in total. The van der Waals surface area contributed by atoms with Crippen molar-refractivity contribution in [2.75, 3.05) is 52.9 Å². The van der Waals surface area contributed by atoms with Crippen LogP contribution in [0.15, 0.2) is 17.5 Å². The van der Waals surface area contributed by atoms with Crippen molar-refractivity contribution in [3.05, 3.63) is 22.4 Å². The SMILES string of the molecule is CC1CCCCN1C(=O)CN1CCN(CC(=O)N(C)Cc2cccs2)CC1. The van der Waals surface area contributed by atoms with Gasteiger partial charge in [-0.25, -0.2) is 0 Å². The zero-order chi connectivity index (χ0) is 19.2. The minimum absolute atomic E-state index is 0.162. The number of likely N-dealkylation sites (N-methyl/N-ethyl adjacent to an activating group) is 1. The van der Waals surface area contributed by atoms with Crippen molar-refractivity contribution in [1.82, 2.24) is 19.6 Å². The average molecular weight is 393 g/mol. The van der Waals surface area contributed by atoms with E-state index in [9.17, 15) is 9.59 Å². The smallest absolute Gasteiger partial charge is 0.236 e. The third kappa shape index (κ3) is 5.77. The fourth-order valence-corrected chi connectivity index (χ4v) is 4.65. The molecule has 3 rings (SSSR count). The Balaban J connectivity index is 1.38. The van der Waals surface area contributed by atoms with Crippen LogP contribution in [-0.2, 0) is 16.1 Å². The third-order valence-corrected chi connectivity index (χ3v) is 6.57. The summed E-state index contributed by atoms with van der Waals surface area (Å²) in [7, 11) is 1.87. The first-order valence-electron chi connectivity index (χ1n) is 10.0. The molecular formula is C20H32N4O2S. The van der Waals surface area contributed by atoms with Crippen LogP contribution < -0.4 is 0 Å². The summed E-state index contributed by atoms with van der Waals surface area (Å²) in [5.41, 5.74) is 0. The van der Waals surface area contributed by atoms with Crippen molar-refractivity contribution in [2.24, 2.45) is 0 Å². The number of likely N-dealkylation sites (tertiary alicyclic amines) is 1. The van der Waals surface area contributed by atoms with Gasteiger partial charge in [-0.1, -0.05) is 6.07 Å². The topological polar surface area (TPSA) is 47.1 Å². The van der Waals surface area contributed by atoms with Gasteiger partial charge in [0.1, 0.15) is 0 Å². The first kappa shape index (κ1) is 20.3. The number of rotatable bonds is 6. The number of carbonyl (C=O) groups excluding carboxylic acids is 2. The molecule has 2 aliphatic heterocycles.